The van der Waals surface area contributed by atoms with Crippen LogP contribution in [0.4, 0.5) is 0 Å². The van der Waals surface area contributed by atoms with Crippen molar-refractivity contribution in [1.82, 2.24) is 25.2 Å². The summed E-state index contributed by atoms with van der Waals surface area (Å²) in [5.74, 6) is 0.680. The summed E-state index contributed by atoms with van der Waals surface area (Å²) in [5, 5.41) is 10.0. The Bertz CT molecular complexity index is 939. The number of thiophene rings is 1. The van der Waals surface area contributed by atoms with Crippen LogP contribution < -0.4 is 5.56 Å². The van der Waals surface area contributed by atoms with E-state index in [9.17, 15) is 9.59 Å². The number of aromatic amines is 1. The van der Waals surface area contributed by atoms with Crippen molar-refractivity contribution in [2.75, 3.05) is 6.54 Å². The first-order valence-corrected chi connectivity index (χ1v) is 8.20. The molecule has 4 heterocycles. The van der Waals surface area contributed by atoms with Gasteiger partial charge in [0.05, 0.1) is 4.88 Å². The van der Waals surface area contributed by atoms with E-state index in [2.05, 4.69) is 20.3 Å². The maximum absolute atomic E-state index is 12.5. The smallest absolute Gasteiger partial charge is 0.274 e. The molecular formula is C15H13N5O3S. The molecule has 1 aliphatic heterocycles. The highest BCUT2D eigenvalue weighted by Crippen LogP contribution is 2.35. The lowest BCUT2D eigenvalue weighted by atomic mass is 10.0. The molecule has 3 aromatic heterocycles. The summed E-state index contributed by atoms with van der Waals surface area (Å²) in [5.41, 5.74) is -0.160. The van der Waals surface area contributed by atoms with Gasteiger partial charge in [0.2, 0.25) is 11.7 Å². The first-order valence-electron chi connectivity index (χ1n) is 7.39. The average Bonchev–Trinajstić information content (AvgIpc) is 3.16. The van der Waals surface area contributed by atoms with E-state index in [0.717, 1.165) is 11.3 Å². The van der Waals surface area contributed by atoms with E-state index < -0.39 is 0 Å². The minimum absolute atomic E-state index is 0.188. The summed E-state index contributed by atoms with van der Waals surface area (Å²) in [4.78, 5) is 31.6. The van der Waals surface area contributed by atoms with Gasteiger partial charge in [0.15, 0.2) is 0 Å². The second-order valence-corrected chi connectivity index (χ2v) is 6.76. The zero-order valence-electron chi connectivity index (χ0n) is 12.7. The van der Waals surface area contributed by atoms with Gasteiger partial charge >= 0.3 is 0 Å². The van der Waals surface area contributed by atoms with Crippen LogP contribution in [0.5, 0.6) is 0 Å². The number of hydrogen-bond acceptors (Lipinski definition) is 7. The molecule has 0 bridgehead atoms. The third-order valence-corrected chi connectivity index (χ3v) is 4.86. The van der Waals surface area contributed by atoms with Gasteiger partial charge in [-0.2, -0.15) is 10.1 Å². The molecule has 8 nitrogen and oxygen atoms in total. The maximum Gasteiger partial charge on any atom is 0.274 e. The molecule has 0 radical (unpaired) electrons. The minimum atomic E-state index is -0.348. The SMILES string of the molecule is Cc1ccc(-c2noc(C3CCN3C(=O)c3ccc(=O)[nH]n3)n2)s1. The fourth-order valence-electron chi connectivity index (χ4n) is 2.52. The largest absolute Gasteiger partial charge is 0.337 e. The van der Waals surface area contributed by atoms with Crippen LogP contribution in [0.2, 0.25) is 0 Å². The number of carbonyl (C=O) groups is 1. The van der Waals surface area contributed by atoms with Crippen LogP contribution in [-0.4, -0.2) is 37.7 Å². The number of rotatable bonds is 3. The second-order valence-electron chi connectivity index (χ2n) is 5.48. The number of aryl methyl sites for hydroxylation is 1. The van der Waals surface area contributed by atoms with E-state index in [1.54, 1.807) is 16.2 Å². The molecular weight excluding hydrogens is 330 g/mol. The molecule has 1 unspecified atom stereocenters. The molecule has 9 heteroatoms. The number of nitrogens with zero attached hydrogens (tertiary/aromatic N) is 4. The summed E-state index contributed by atoms with van der Waals surface area (Å²) < 4.78 is 5.34. The fraction of sp³-hybridized carbons (Fsp3) is 0.267. The number of carbonyl (C=O) groups excluding carboxylic acids is 1. The Morgan fingerprint density at radius 3 is 2.88 bits per heavy atom. The zero-order valence-corrected chi connectivity index (χ0v) is 13.5. The van der Waals surface area contributed by atoms with E-state index in [1.165, 1.54) is 17.0 Å². The molecule has 1 saturated heterocycles. The number of H-pyrrole nitrogens is 1. The molecule has 0 aromatic carbocycles. The lowest BCUT2D eigenvalue weighted by Crippen LogP contribution is -2.45. The van der Waals surface area contributed by atoms with Crippen LogP contribution in [-0.2, 0) is 0 Å². The number of amides is 1. The molecule has 1 amide bonds. The van der Waals surface area contributed by atoms with Gasteiger partial charge < -0.3 is 9.42 Å². The monoisotopic (exact) mass is 343 g/mol. The van der Waals surface area contributed by atoms with Gasteiger partial charge in [-0.15, -0.1) is 11.3 Å². The highest BCUT2D eigenvalue weighted by atomic mass is 32.1. The van der Waals surface area contributed by atoms with E-state index in [0.29, 0.717) is 18.3 Å². The van der Waals surface area contributed by atoms with E-state index in [-0.39, 0.29) is 23.2 Å². The van der Waals surface area contributed by atoms with Crippen molar-refractivity contribution in [2.45, 2.75) is 19.4 Å². The molecule has 4 rings (SSSR count). The molecule has 1 fully saturated rings. The topological polar surface area (TPSA) is 105 Å². The Kier molecular flexibility index (Phi) is 3.49. The summed E-state index contributed by atoms with van der Waals surface area (Å²) >= 11 is 1.59. The van der Waals surface area contributed by atoms with Crippen LogP contribution in [0.25, 0.3) is 10.7 Å². The molecule has 0 aliphatic carbocycles. The summed E-state index contributed by atoms with van der Waals surface area (Å²) in [6, 6.07) is 6.37. The van der Waals surface area contributed by atoms with Crippen LogP contribution in [0, 0.1) is 6.92 Å². The van der Waals surface area contributed by atoms with Crippen molar-refractivity contribution in [3.8, 4) is 10.7 Å². The molecule has 24 heavy (non-hydrogen) atoms. The number of aromatic nitrogens is 4. The summed E-state index contributed by atoms with van der Waals surface area (Å²) in [6.07, 6.45) is 0.750. The summed E-state index contributed by atoms with van der Waals surface area (Å²) in [6.45, 7) is 2.60. The molecule has 1 aliphatic rings. The van der Waals surface area contributed by atoms with Crippen LogP contribution in [0.1, 0.15) is 33.7 Å². The van der Waals surface area contributed by atoms with Gasteiger partial charge in [-0.1, -0.05) is 5.16 Å². The molecule has 0 saturated carbocycles. The third-order valence-electron chi connectivity index (χ3n) is 3.87. The van der Waals surface area contributed by atoms with Gasteiger partial charge in [0, 0.05) is 17.5 Å². The Morgan fingerprint density at radius 2 is 2.25 bits per heavy atom. The quantitative estimate of drug-likeness (QED) is 0.777. The van der Waals surface area contributed by atoms with Gasteiger partial charge in [0.1, 0.15) is 11.7 Å². The molecule has 3 aromatic rings. The Morgan fingerprint density at radius 1 is 1.38 bits per heavy atom. The van der Waals surface area contributed by atoms with Gasteiger partial charge in [-0.3, -0.25) is 9.59 Å². The maximum atomic E-state index is 12.5. The molecule has 122 valence electrons. The van der Waals surface area contributed by atoms with E-state index in [4.69, 9.17) is 4.52 Å². The van der Waals surface area contributed by atoms with E-state index >= 15 is 0 Å². The lowest BCUT2D eigenvalue weighted by molar-refractivity contribution is 0.0371. The van der Waals surface area contributed by atoms with Gasteiger partial charge in [0.25, 0.3) is 11.5 Å². The number of nitrogens with one attached hydrogen (secondary N) is 1. The van der Waals surface area contributed by atoms with Crippen molar-refractivity contribution in [3.63, 3.8) is 0 Å². The zero-order chi connectivity index (χ0) is 16.7. The highest BCUT2D eigenvalue weighted by Gasteiger charge is 2.38. The third kappa shape index (κ3) is 2.52. The predicted octanol–water partition coefficient (Wildman–Crippen LogP) is 1.78. The first-order chi connectivity index (χ1) is 11.6. The lowest BCUT2D eigenvalue weighted by Gasteiger charge is -2.38. The van der Waals surface area contributed by atoms with Crippen molar-refractivity contribution in [1.29, 1.82) is 0 Å². The van der Waals surface area contributed by atoms with Gasteiger partial charge in [-0.25, -0.2) is 5.10 Å². The molecule has 1 N–H and O–H groups in total. The predicted molar refractivity (Wildman–Crippen MR) is 85.6 cm³/mol. The number of hydrogen-bond donors (Lipinski definition) is 1. The van der Waals surface area contributed by atoms with Crippen LogP contribution in [0.15, 0.2) is 33.6 Å². The van der Waals surface area contributed by atoms with E-state index in [1.807, 2.05) is 19.1 Å². The van der Waals surface area contributed by atoms with Crippen molar-refractivity contribution < 1.29 is 9.32 Å². The second kappa shape index (κ2) is 5.68. The Balaban J connectivity index is 1.55. The first kappa shape index (κ1) is 14.8. The highest BCUT2D eigenvalue weighted by molar-refractivity contribution is 7.15. The number of likely N-dealkylation sites (tertiary alicyclic amines) is 1. The minimum Gasteiger partial charge on any atom is -0.337 e. The van der Waals surface area contributed by atoms with Crippen molar-refractivity contribution in [2.24, 2.45) is 0 Å². The van der Waals surface area contributed by atoms with Crippen molar-refractivity contribution >= 4 is 17.2 Å². The fourth-order valence-corrected chi connectivity index (χ4v) is 3.32. The average molecular weight is 343 g/mol. The standard InChI is InChI=1S/C15H13N5O3S/c1-8-2-4-11(24-8)13-16-14(23-19-13)10-6-7-20(10)15(22)9-3-5-12(21)18-17-9/h2-5,10H,6-7H2,1H3,(H,18,21). The Hall–Kier alpha value is -2.81. The van der Waals surface area contributed by atoms with Gasteiger partial charge in [-0.05, 0) is 31.5 Å². The van der Waals surface area contributed by atoms with Crippen LogP contribution >= 0.6 is 11.3 Å². The molecule has 0 spiro atoms. The van der Waals surface area contributed by atoms with Crippen molar-refractivity contribution in [3.05, 3.63) is 51.1 Å². The molecule has 1 atom stereocenters. The van der Waals surface area contributed by atoms with Crippen LogP contribution in [0.3, 0.4) is 0 Å². The normalized spacial score (nSPS) is 16.9. The summed E-state index contributed by atoms with van der Waals surface area (Å²) in [7, 11) is 0. The Labute approximate surface area is 140 Å².